The van der Waals surface area contributed by atoms with Crippen molar-refractivity contribution in [1.82, 2.24) is 4.90 Å². The number of aryl methyl sites for hydroxylation is 1. The molecule has 0 bridgehead atoms. The van der Waals surface area contributed by atoms with Crippen LogP contribution in [0.25, 0.3) is 0 Å². The van der Waals surface area contributed by atoms with E-state index in [-0.39, 0.29) is 43.8 Å². The Bertz CT molecular complexity index is 1020. The van der Waals surface area contributed by atoms with Crippen LogP contribution in [-0.4, -0.2) is 62.1 Å². The Kier molecular flexibility index (Phi) is 8.06. The minimum Gasteiger partial charge on any atom is -0.479 e. The highest BCUT2D eigenvalue weighted by Gasteiger charge is 2.31. The number of amides is 3. The van der Waals surface area contributed by atoms with Gasteiger partial charge in [-0.15, -0.1) is 0 Å². The summed E-state index contributed by atoms with van der Waals surface area (Å²) in [6.45, 7) is 6.29. The van der Waals surface area contributed by atoms with Crippen molar-refractivity contribution in [2.45, 2.75) is 33.3 Å². The molecule has 1 heterocycles. The smallest absolute Gasteiger partial charge is 0.267 e. The van der Waals surface area contributed by atoms with Crippen LogP contribution in [0.5, 0.6) is 5.75 Å². The predicted molar refractivity (Wildman–Crippen MR) is 127 cm³/mol. The largest absolute Gasteiger partial charge is 0.479 e. The summed E-state index contributed by atoms with van der Waals surface area (Å²) < 4.78 is 10.8. The maximum absolute atomic E-state index is 13.0. The number of rotatable bonds is 9. The summed E-state index contributed by atoms with van der Waals surface area (Å²) in [6.07, 6.45) is -0.546. The number of hydrogen-bond donors (Lipinski definition) is 1. The Morgan fingerprint density at radius 1 is 1.15 bits per heavy atom. The highest BCUT2D eigenvalue weighted by molar-refractivity contribution is 6.00. The first-order valence-corrected chi connectivity index (χ1v) is 11.0. The van der Waals surface area contributed by atoms with Gasteiger partial charge in [0.15, 0.2) is 6.10 Å². The molecular weight excluding hydrogens is 422 g/mol. The van der Waals surface area contributed by atoms with Gasteiger partial charge in [-0.3, -0.25) is 14.4 Å². The van der Waals surface area contributed by atoms with Crippen LogP contribution in [0.1, 0.15) is 24.5 Å². The third-order valence-corrected chi connectivity index (χ3v) is 5.75. The number of nitrogens with one attached hydrogen (secondary N) is 1. The summed E-state index contributed by atoms with van der Waals surface area (Å²) >= 11 is 0. The summed E-state index contributed by atoms with van der Waals surface area (Å²) in [6, 6.07) is 13.0. The van der Waals surface area contributed by atoms with Crippen LogP contribution < -0.4 is 15.0 Å². The molecule has 0 aliphatic carbocycles. The number of benzene rings is 2. The van der Waals surface area contributed by atoms with Crippen molar-refractivity contribution in [2.75, 3.05) is 43.6 Å². The fourth-order valence-corrected chi connectivity index (χ4v) is 3.70. The lowest BCUT2D eigenvalue weighted by molar-refractivity contribution is -0.135. The van der Waals surface area contributed by atoms with Gasteiger partial charge in [-0.25, -0.2) is 0 Å². The number of hydrogen-bond acceptors (Lipinski definition) is 5. The van der Waals surface area contributed by atoms with Gasteiger partial charge < -0.3 is 24.6 Å². The Labute approximate surface area is 194 Å². The van der Waals surface area contributed by atoms with E-state index in [9.17, 15) is 14.4 Å². The first-order chi connectivity index (χ1) is 15.8. The van der Waals surface area contributed by atoms with Crippen LogP contribution in [0.15, 0.2) is 42.5 Å². The number of anilines is 2. The number of fused-ring (bicyclic) bond motifs is 1. The van der Waals surface area contributed by atoms with Gasteiger partial charge in [0.1, 0.15) is 5.75 Å². The molecule has 3 rings (SSSR count). The normalized spacial score (nSPS) is 15.0. The maximum Gasteiger partial charge on any atom is 0.267 e. The number of methoxy groups -OCH3 is 1. The number of para-hydroxylation sites is 2. The number of carbonyl (C=O) groups is 3. The van der Waals surface area contributed by atoms with E-state index in [0.717, 1.165) is 16.8 Å². The van der Waals surface area contributed by atoms with E-state index < -0.39 is 6.10 Å². The lowest BCUT2D eigenvalue weighted by atomic mass is 10.1. The predicted octanol–water partition coefficient (Wildman–Crippen LogP) is 2.92. The molecule has 8 heteroatoms. The molecule has 33 heavy (non-hydrogen) atoms. The van der Waals surface area contributed by atoms with Crippen molar-refractivity contribution in [1.29, 1.82) is 0 Å². The van der Waals surface area contributed by atoms with E-state index in [0.29, 0.717) is 18.0 Å². The van der Waals surface area contributed by atoms with E-state index >= 15 is 0 Å². The molecule has 1 N–H and O–H groups in total. The SMILES string of the molecule is COCCN(CC(=O)Nc1cccc(C)c1C)C(=O)CCN1C(=O)C(C)Oc2ccccc21. The molecule has 8 nitrogen and oxygen atoms in total. The Balaban J connectivity index is 1.66. The molecule has 0 saturated carbocycles. The highest BCUT2D eigenvalue weighted by Crippen LogP contribution is 2.33. The van der Waals surface area contributed by atoms with Gasteiger partial charge in [0, 0.05) is 32.3 Å². The summed E-state index contributed by atoms with van der Waals surface area (Å²) in [5.74, 6) is -0.0963. The average molecular weight is 454 g/mol. The van der Waals surface area contributed by atoms with Crippen LogP contribution in [0.2, 0.25) is 0 Å². The second-order valence-corrected chi connectivity index (χ2v) is 8.07. The third-order valence-electron chi connectivity index (χ3n) is 5.75. The standard InChI is InChI=1S/C25H31N3O5/c1-17-8-7-9-20(18(17)2)26-23(29)16-27(14-15-32-4)24(30)12-13-28-21-10-5-6-11-22(21)33-19(3)25(28)31/h5-11,19H,12-16H2,1-4H3,(H,26,29). The fourth-order valence-electron chi connectivity index (χ4n) is 3.70. The molecule has 176 valence electrons. The zero-order valence-electron chi connectivity index (χ0n) is 19.6. The molecular formula is C25H31N3O5. The number of ether oxygens (including phenoxy) is 2. The van der Waals surface area contributed by atoms with Gasteiger partial charge in [0.2, 0.25) is 11.8 Å². The van der Waals surface area contributed by atoms with E-state index in [2.05, 4.69) is 5.32 Å². The van der Waals surface area contributed by atoms with Crippen molar-refractivity contribution in [3.63, 3.8) is 0 Å². The van der Waals surface area contributed by atoms with Crippen LogP contribution in [-0.2, 0) is 19.1 Å². The molecule has 3 amide bonds. The summed E-state index contributed by atoms with van der Waals surface area (Å²) in [5.41, 5.74) is 3.43. The van der Waals surface area contributed by atoms with E-state index in [1.807, 2.05) is 44.2 Å². The summed E-state index contributed by atoms with van der Waals surface area (Å²) in [7, 11) is 1.55. The molecule has 2 aromatic rings. The number of nitrogens with zero attached hydrogens (tertiary/aromatic N) is 2. The van der Waals surface area contributed by atoms with Gasteiger partial charge in [-0.2, -0.15) is 0 Å². The van der Waals surface area contributed by atoms with E-state index in [4.69, 9.17) is 9.47 Å². The van der Waals surface area contributed by atoms with Gasteiger partial charge >= 0.3 is 0 Å². The number of carbonyl (C=O) groups excluding carboxylic acids is 3. The molecule has 1 unspecified atom stereocenters. The molecule has 0 radical (unpaired) electrons. The summed E-state index contributed by atoms with van der Waals surface area (Å²) in [4.78, 5) is 41.4. The lowest BCUT2D eigenvalue weighted by Crippen LogP contribution is -2.47. The van der Waals surface area contributed by atoms with E-state index in [1.54, 1.807) is 31.1 Å². The zero-order chi connectivity index (χ0) is 24.0. The monoisotopic (exact) mass is 453 g/mol. The molecule has 0 aromatic heterocycles. The van der Waals surface area contributed by atoms with Crippen molar-refractivity contribution < 1.29 is 23.9 Å². The first kappa shape index (κ1) is 24.3. The highest BCUT2D eigenvalue weighted by atomic mass is 16.5. The second-order valence-electron chi connectivity index (χ2n) is 8.07. The van der Waals surface area contributed by atoms with Crippen molar-refractivity contribution in [3.05, 3.63) is 53.6 Å². The molecule has 1 aliphatic rings. The molecule has 1 aliphatic heterocycles. The Morgan fingerprint density at radius 3 is 2.67 bits per heavy atom. The fraction of sp³-hybridized carbons (Fsp3) is 0.400. The quantitative estimate of drug-likeness (QED) is 0.631. The van der Waals surface area contributed by atoms with Crippen molar-refractivity contribution in [3.8, 4) is 5.75 Å². The Hall–Kier alpha value is -3.39. The van der Waals surface area contributed by atoms with Gasteiger partial charge in [-0.05, 0) is 50.1 Å². The van der Waals surface area contributed by atoms with Crippen LogP contribution in [0.3, 0.4) is 0 Å². The molecule has 0 spiro atoms. The lowest BCUT2D eigenvalue weighted by Gasteiger charge is -2.33. The van der Waals surface area contributed by atoms with Gasteiger partial charge in [0.05, 0.1) is 18.8 Å². The topological polar surface area (TPSA) is 88.2 Å². The van der Waals surface area contributed by atoms with Gasteiger partial charge in [-0.1, -0.05) is 24.3 Å². The van der Waals surface area contributed by atoms with Crippen molar-refractivity contribution in [2.24, 2.45) is 0 Å². The molecule has 1 atom stereocenters. The summed E-state index contributed by atoms with van der Waals surface area (Å²) in [5, 5.41) is 2.89. The van der Waals surface area contributed by atoms with Crippen molar-refractivity contribution >= 4 is 29.1 Å². The zero-order valence-corrected chi connectivity index (χ0v) is 19.6. The van der Waals surface area contributed by atoms with E-state index in [1.165, 1.54) is 4.90 Å². The van der Waals surface area contributed by atoms with Crippen LogP contribution in [0.4, 0.5) is 11.4 Å². The molecule has 0 fully saturated rings. The van der Waals surface area contributed by atoms with Crippen LogP contribution in [0, 0.1) is 13.8 Å². The molecule has 2 aromatic carbocycles. The minimum absolute atomic E-state index is 0.0766. The Morgan fingerprint density at radius 2 is 1.91 bits per heavy atom. The van der Waals surface area contributed by atoms with Crippen LogP contribution >= 0.6 is 0 Å². The average Bonchev–Trinajstić information content (AvgIpc) is 2.79. The first-order valence-electron chi connectivity index (χ1n) is 11.0. The second kappa shape index (κ2) is 11.0. The maximum atomic E-state index is 13.0. The third kappa shape index (κ3) is 5.90. The van der Waals surface area contributed by atoms with Gasteiger partial charge in [0.25, 0.3) is 5.91 Å². The minimum atomic E-state index is -0.622. The molecule has 0 saturated heterocycles.